The number of rotatable bonds is 3. The molecule has 2 N–H and O–H groups in total. The van der Waals surface area contributed by atoms with Gasteiger partial charge in [0.15, 0.2) is 11.6 Å². The van der Waals surface area contributed by atoms with Gasteiger partial charge in [-0.3, -0.25) is 0 Å². The van der Waals surface area contributed by atoms with Crippen molar-refractivity contribution in [2.24, 2.45) is 0 Å². The van der Waals surface area contributed by atoms with E-state index >= 15 is 0 Å². The van der Waals surface area contributed by atoms with E-state index in [1.54, 1.807) is 6.07 Å². The number of nitrogens with one attached hydrogen (secondary N) is 2. The molecule has 0 saturated carbocycles. The summed E-state index contributed by atoms with van der Waals surface area (Å²) in [6, 6.07) is 7.87. The Bertz CT molecular complexity index is 693. The predicted molar refractivity (Wildman–Crippen MR) is 92.7 cm³/mol. The highest BCUT2D eigenvalue weighted by atomic mass is 35.5. The van der Waals surface area contributed by atoms with Crippen LogP contribution in [-0.2, 0) is 19.4 Å². The average molecular weight is 359 g/mol. The summed E-state index contributed by atoms with van der Waals surface area (Å²) in [5.74, 6) is -1.66. The summed E-state index contributed by atoms with van der Waals surface area (Å²) < 4.78 is 26.2. The molecule has 0 aromatic heterocycles. The maximum atomic E-state index is 13.3. The molecule has 6 heteroatoms. The van der Waals surface area contributed by atoms with Gasteiger partial charge in [0.25, 0.3) is 0 Å². The fourth-order valence-corrected chi connectivity index (χ4v) is 3.02. The van der Waals surface area contributed by atoms with Gasteiger partial charge in [-0.15, -0.1) is 12.4 Å². The van der Waals surface area contributed by atoms with Crippen molar-refractivity contribution in [3.05, 3.63) is 63.7 Å². The lowest BCUT2D eigenvalue weighted by molar-refractivity contribution is 0.507. The number of hydrogen-bond acceptors (Lipinski definition) is 2. The second kappa shape index (κ2) is 7.95. The standard InChI is InChI=1S/C17H17ClF2N2.ClH/c18-14-3-2-12-5-7-21-8-6-13(12)17(14)22-10-11-1-4-15(19)16(20)9-11;/h1-4,9,21-22H,5-8,10H2;1H. The van der Waals surface area contributed by atoms with Crippen LogP contribution in [0.2, 0.25) is 5.02 Å². The zero-order valence-corrected chi connectivity index (χ0v) is 14.0. The van der Waals surface area contributed by atoms with Crippen LogP contribution in [0.5, 0.6) is 0 Å². The fraction of sp³-hybridized carbons (Fsp3) is 0.294. The van der Waals surface area contributed by atoms with Crippen LogP contribution < -0.4 is 10.6 Å². The quantitative estimate of drug-likeness (QED) is 0.852. The van der Waals surface area contributed by atoms with Crippen molar-refractivity contribution in [3.63, 3.8) is 0 Å². The minimum absolute atomic E-state index is 0. The van der Waals surface area contributed by atoms with Gasteiger partial charge in [0, 0.05) is 6.54 Å². The van der Waals surface area contributed by atoms with E-state index in [-0.39, 0.29) is 12.4 Å². The summed E-state index contributed by atoms with van der Waals surface area (Å²) in [4.78, 5) is 0. The Morgan fingerprint density at radius 2 is 1.83 bits per heavy atom. The molecule has 23 heavy (non-hydrogen) atoms. The number of hydrogen-bond donors (Lipinski definition) is 2. The maximum Gasteiger partial charge on any atom is 0.159 e. The number of anilines is 1. The van der Waals surface area contributed by atoms with E-state index in [0.717, 1.165) is 37.7 Å². The Morgan fingerprint density at radius 3 is 2.61 bits per heavy atom. The molecule has 0 fully saturated rings. The first kappa shape index (κ1) is 18.0. The van der Waals surface area contributed by atoms with E-state index in [1.807, 2.05) is 6.07 Å². The topological polar surface area (TPSA) is 24.1 Å². The van der Waals surface area contributed by atoms with E-state index in [9.17, 15) is 8.78 Å². The lowest BCUT2D eigenvalue weighted by atomic mass is 10.0. The molecule has 0 aliphatic carbocycles. The molecule has 3 rings (SSSR count). The zero-order valence-electron chi connectivity index (χ0n) is 12.5. The third kappa shape index (κ3) is 4.14. The number of fused-ring (bicyclic) bond motifs is 1. The van der Waals surface area contributed by atoms with Gasteiger partial charge in [-0.2, -0.15) is 0 Å². The highest BCUT2D eigenvalue weighted by Crippen LogP contribution is 2.31. The van der Waals surface area contributed by atoms with Crippen molar-refractivity contribution in [2.75, 3.05) is 18.4 Å². The molecule has 1 heterocycles. The highest BCUT2D eigenvalue weighted by Gasteiger charge is 2.14. The molecule has 0 amide bonds. The van der Waals surface area contributed by atoms with Crippen molar-refractivity contribution in [1.82, 2.24) is 5.32 Å². The molecule has 0 spiro atoms. The lowest BCUT2D eigenvalue weighted by Crippen LogP contribution is -2.16. The van der Waals surface area contributed by atoms with Crippen LogP contribution in [0.25, 0.3) is 0 Å². The summed E-state index contributed by atoms with van der Waals surface area (Å²) in [6.45, 7) is 2.27. The molecule has 0 atom stereocenters. The van der Waals surface area contributed by atoms with Gasteiger partial charge < -0.3 is 10.6 Å². The van der Waals surface area contributed by atoms with Gasteiger partial charge in [-0.1, -0.05) is 23.7 Å². The monoisotopic (exact) mass is 358 g/mol. The molecule has 0 bridgehead atoms. The van der Waals surface area contributed by atoms with Crippen molar-refractivity contribution in [3.8, 4) is 0 Å². The van der Waals surface area contributed by atoms with Crippen molar-refractivity contribution >= 4 is 29.7 Å². The first-order valence-electron chi connectivity index (χ1n) is 7.34. The Hall–Kier alpha value is -1.36. The van der Waals surface area contributed by atoms with Crippen molar-refractivity contribution in [2.45, 2.75) is 19.4 Å². The van der Waals surface area contributed by atoms with Gasteiger partial charge in [0.1, 0.15) is 0 Å². The van der Waals surface area contributed by atoms with Gasteiger partial charge in [-0.25, -0.2) is 8.78 Å². The molecular formula is C17H18Cl2F2N2. The molecule has 0 unspecified atom stereocenters. The molecule has 2 nitrogen and oxygen atoms in total. The lowest BCUT2D eigenvalue weighted by Gasteiger charge is -2.16. The summed E-state index contributed by atoms with van der Waals surface area (Å²) in [6.07, 6.45) is 1.86. The third-order valence-corrected chi connectivity index (χ3v) is 4.25. The molecule has 1 aliphatic rings. The van der Waals surface area contributed by atoms with Crippen LogP contribution >= 0.6 is 24.0 Å². The van der Waals surface area contributed by atoms with Gasteiger partial charge in [-0.05, 0) is 60.8 Å². The molecule has 0 saturated heterocycles. The van der Waals surface area contributed by atoms with Crippen LogP contribution in [-0.4, -0.2) is 13.1 Å². The summed E-state index contributed by atoms with van der Waals surface area (Å²) in [5, 5.41) is 7.30. The molecule has 2 aromatic rings. The van der Waals surface area contributed by atoms with Crippen LogP contribution in [0.1, 0.15) is 16.7 Å². The normalized spacial score (nSPS) is 13.7. The second-order valence-corrected chi connectivity index (χ2v) is 5.82. The summed E-state index contributed by atoms with van der Waals surface area (Å²) in [7, 11) is 0. The minimum atomic E-state index is -0.832. The minimum Gasteiger partial charge on any atom is -0.380 e. The highest BCUT2D eigenvalue weighted by molar-refractivity contribution is 6.33. The molecular weight excluding hydrogens is 341 g/mol. The Balaban J connectivity index is 0.00000192. The maximum absolute atomic E-state index is 13.3. The summed E-state index contributed by atoms with van der Waals surface area (Å²) >= 11 is 6.32. The SMILES string of the molecule is Cl.Fc1ccc(CNc2c(Cl)ccc3c2CCNCC3)cc1F. The van der Waals surface area contributed by atoms with E-state index in [2.05, 4.69) is 16.7 Å². The van der Waals surface area contributed by atoms with Crippen molar-refractivity contribution in [1.29, 1.82) is 0 Å². The van der Waals surface area contributed by atoms with E-state index in [0.29, 0.717) is 17.1 Å². The third-order valence-electron chi connectivity index (χ3n) is 3.94. The number of benzene rings is 2. The molecule has 124 valence electrons. The van der Waals surface area contributed by atoms with Crippen molar-refractivity contribution < 1.29 is 8.78 Å². The Kier molecular flexibility index (Phi) is 6.22. The number of halogens is 4. The Labute approximate surface area is 145 Å². The van der Waals surface area contributed by atoms with E-state index in [4.69, 9.17) is 11.6 Å². The second-order valence-electron chi connectivity index (χ2n) is 5.41. The summed E-state index contributed by atoms with van der Waals surface area (Å²) in [5.41, 5.74) is 4.06. The average Bonchev–Trinajstić information content (AvgIpc) is 2.75. The van der Waals surface area contributed by atoms with Crippen LogP contribution in [0.3, 0.4) is 0 Å². The smallest absolute Gasteiger partial charge is 0.159 e. The molecule has 2 aromatic carbocycles. The van der Waals surface area contributed by atoms with Crippen LogP contribution in [0, 0.1) is 11.6 Å². The van der Waals surface area contributed by atoms with Gasteiger partial charge in [0.2, 0.25) is 0 Å². The first-order valence-corrected chi connectivity index (χ1v) is 7.71. The first-order chi connectivity index (χ1) is 10.6. The fourth-order valence-electron chi connectivity index (χ4n) is 2.77. The predicted octanol–water partition coefficient (Wildman–Crippen LogP) is 4.34. The van der Waals surface area contributed by atoms with E-state index < -0.39 is 11.6 Å². The van der Waals surface area contributed by atoms with Crippen LogP contribution in [0.15, 0.2) is 30.3 Å². The Morgan fingerprint density at radius 1 is 1.04 bits per heavy atom. The van der Waals surface area contributed by atoms with E-state index in [1.165, 1.54) is 17.2 Å². The van der Waals surface area contributed by atoms with Gasteiger partial charge in [0.05, 0.1) is 10.7 Å². The van der Waals surface area contributed by atoms with Crippen LogP contribution in [0.4, 0.5) is 14.5 Å². The van der Waals surface area contributed by atoms with Gasteiger partial charge >= 0.3 is 0 Å². The molecule has 0 radical (unpaired) electrons. The largest absolute Gasteiger partial charge is 0.380 e. The zero-order chi connectivity index (χ0) is 15.5. The molecule has 1 aliphatic heterocycles.